The standard InChI is InChI=1S/C28H32N8O4S/c1-2-40-23-10-8-22(9-11-23)36-27-25(31-32-36)26(29-20-30-27)33-16-18-34(19-17-33)28(37)21-6-12-24(13-7-21)41(38,39)35-14-4-3-5-15-35/h6-13,20H,2-5,14-19H2,1H3. The first-order valence-electron chi connectivity index (χ1n) is 13.9. The second-order valence-corrected chi connectivity index (χ2v) is 12.0. The molecule has 2 aliphatic rings. The SMILES string of the molecule is CCOc1ccc(-n2nnc3c(N4CCN(C(=O)c5ccc(S(=O)(=O)N6CCCCC6)cc5)CC4)ncnc32)cc1. The van der Waals surface area contributed by atoms with E-state index < -0.39 is 10.0 Å². The highest BCUT2D eigenvalue weighted by molar-refractivity contribution is 7.89. The predicted octanol–water partition coefficient (Wildman–Crippen LogP) is 2.75. The highest BCUT2D eigenvalue weighted by Gasteiger charge is 2.28. The third-order valence-corrected chi connectivity index (χ3v) is 9.44. The number of piperazine rings is 1. The van der Waals surface area contributed by atoms with Gasteiger partial charge in [0.2, 0.25) is 10.0 Å². The molecule has 0 radical (unpaired) electrons. The van der Waals surface area contributed by atoms with E-state index in [0.717, 1.165) is 30.7 Å². The molecule has 0 unspecified atom stereocenters. The maximum atomic E-state index is 13.2. The fraction of sp³-hybridized carbons (Fsp3) is 0.393. The van der Waals surface area contributed by atoms with Gasteiger partial charge in [0, 0.05) is 44.8 Å². The molecule has 0 saturated carbocycles. The molecular weight excluding hydrogens is 544 g/mol. The van der Waals surface area contributed by atoms with Gasteiger partial charge in [0.05, 0.1) is 17.2 Å². The Morgan fingerprint density at radius 1 is 0.878 bits per heavy atom. The van der Waals surface area contributed by atoms with E-state index in [2.05, 4.69) is 25.2 Å². The summed E-state index contributed by atoms with van der Waals surface area (Å²) in [6.45, 7) is 5.74. The number of carbonyl (C=O) groups is 1. The van der Waals surface area contributed by atoms with Crippen molar-refractivity contribution in [3.05, 3.63) is 60.4 Å². The molecule has 2 fully saturated rings. The lowest BCUT2D eigenvalue weighted by Gasteiger charge is -2.35. The summed E-state index contributed by atoms with van der Waals surface area (Å²) >= 11 is 0. The number of hydrogen-bond donors (Lipinski definition) is 0. The number of piperidine rings is 1. The Hall–Kier alpha value is -4.10. The number of amides is 1. The molecule has 13 heteroatoms. The monoisotopic (exact) mass is 576 g/mol. The van der Waals surface area contributed by atoms with Crippen molar-refractivity contribution in [2.24, 2.45) is 0 Å². The normalized spacial score (nSPS) is 16.7. The zero-order valence-electron chi connectivity index (χ0n) is 22.9. The summed E-state index contributed by atoms with van der Waals surface area (Å²) in [7, 11) is -3.53. The number of anilines is 1. The molecule has 2 aromatic heterocycles. The Bertz CT molecular complexity index is 1630. The van der Waals surface area contributed by atoms with Crippen molar-refractivity contribution in [3.8, 4) is 11.4 Å². The van der Waals surface area contributed by atoms with Gasteiger partial charge >= 0.3 is 0 Å². The number of aromatic nitrogens is 5. The molecule has 0 N–H and O–H groups in total. The summed E-state index contributed by atoms with van der Waals surface area (Å²) in [5.74, 6) is 1.33. The third-order valence-electron chi connectivity index (χ3n) is 7.53. The lowest BCUT2D eigenvalue weighted by atomic mass is 10.2. The van der Waals surface area contributed by atoms with Crippen molar-refractivity contribution in [2.45, 2.75) is 31.1 Å². The van der Waals surface area contributed by atoms with Crippen molar-refractivity contribution < 1.29 is 17.9 Å². The Labute approximate surface area is 238 Å². The highest BCUT2D eigenvalue weighted by Crippen LogP contribution is 2.25. The number of nitrogens with zero attached hydrogens (tertiary/aromatic N) is 8. The van der Waals surface area contributed by atoms with Gasteiger partial charge in [-0.15, -0.1) is 5.10 Å². The van der Waals surface area contributed by atoms with E-state index in [4.69, 9.17) is 4.74 Å². The number of benzene rings is 2. The molecule has 0 bridgehead atoms. The predicted molar refractivity (Wildman–Crippen MR) is 153 cm³/mol. The number of ether oxygens (including phenoxy) is 1. The van der Waals surface area contributed by atoms with Crippen LogP contribution in [0.15, 0.2) is 59.8 Å². The molecule has 4 aromatic rings. The second-order valence-electron chi connectivity index (χ2n) is 10.1. The van der Waals surface area contributed by atoms with Crippen LogP contribution in [0.3, 0.4) is 0 Å². The third kappa shape index (κ3) is 5.34. The van der Waals surface area contributed by atoms with Crippen molar-refractivity contribution >= 4 is 32.9 Å². The van der Waals surface area contributed by atoms with E-state index in [1.807, 2.05) is 31.2 Å². The number of hydrogen-bond acceptors (Lipinski definition) is 9. The first-order chi connectivity index (χ1) is 20.0. The van der Waals surface area contributed by atoms with Gasteiger partial charge in [-0.3, -0.25) is 4.79 Å². The van der Waals surface area contributed by atoms with Crippen LogP contribution < -0.4 is 9.64 Å². The minimum atomic E-state index is -3.53. The average molecular weight is 577 g/mol. The average Bonchev–Trinajstić information content (AvgIpc) is 3.46. The molecule has 214 valence electrons. The van der Waals surface area contributed by atoms with Gasteiger partial charge in [-0.05, 0) is 68.3 Å². The van der Waals surface area contributed by atoms with Gasteiger partial charge in [-0.1, -0.05) is 11.6 Å². The number of carbonyl (C=O) groups excluding carboxylic acids is 1. The van der Waals surface area contributed by atoms with E-state index in [9.17, 15) is 13.2 Å². The minimum Gasteiger partial charge on any atom is -0.494 e. The Morgan fingerprint density at radius 2 is 1.59 bits per heavy atom. The van der Waals surface area contributed by atoms with Gasteiger partial charge in [0.25, 0.3) is 5.91 Å². The maximum absolute atomic E-state index is 13.2. The Morgan fingerprint density at radius 3 is 2.27 bits per heavy atom. The summed E-state index contributed by atoms with van der Waals surface area (Å²) in [6, 6.07) is 13.9. The summed E-state index contributed by atoms with van der Waals surface area (Å²) in [6.07, 6.45) is 4.31. The molecule has 4 heterocycles. The van der Waals surface area contributed by atoms with Crippen LogP contribution in [0.25, 0.3) is 16.9 Å². The molecule has 2 aliphatic heterocycles. The molecule has 12 nitrogen and oxygen atoms in total. The molecular formula is C28H32N8O4S. The van der Waals surface area contributed by atoms with Crippen molar-refractivity contribution in [3.63, 3.8) is 0 Å². The molecule has 0 atom stereocenters. The topological polar surface area (TPSA) is 127 Å². The summed E-state index contributed by atoms with van der Waals surface area (Å²) in [5, 5.41) is 8.69. The lowest BCUT2D eigenvalue weighted by molar-refractivity contribution is 0.0746. The molecule has 0 aliphatic carbocycles. The first kappa shape index (κ1) is 27.1. The number of rotatable bonds is 7. The van der Waals surface area contributed by atoms with E-state index in [-0.39, 0.29) is 10.8 Å². The van der Waals surface area contributed by atoms with E-state index in [1.165, 1.54) is 10.6 Å². The largest absolute Gasteiger partial charge is 0.494 e. The van der Waals surface area contributed by atoms with Gasteiger partial charge in [-0.25, -0.2) is 18.4 Å². The zero-order valence-corrected chi connectivity index (χ0v) is 23.7. The van der Waals surface area contributed by atoms with Gasteiger partial charge in [0.1, 0.15) is 12.1 Å². The molecule has 1 amide bonds. The highest BCUT2D eigenvalue weighted by atomic mass is 32.2. The molecule has 41 heavy (non-hydrogen) atoms. The van der Waals surface area contributed by atoms with Crippen LogP contribution in [0.1, 0.15) is 36.5 Å². The molecule has 2 aromatic carbocycles. The van der Waals surface area contributed by atoms with E-state index in [1.54, 1.807) is 33.8 Å². The van der Waals surface area contributed by atoms with Crippen LogP contribution in [0.4, 0.5) is 5.82 Å². The quantitative estimate of drug-likeness (QED) is 0.326. The van der Waals surface area contributed by atoms with Crippen LogP contribution in [0.5, 0.6) is 5.75 Å². The summed E-state index contributed by atoms with van der Waals surface area (Å²) in [4.78, 5) is 26.2. The second kappa shape index (κ2) is 11.4. The summed E-state index contributed by atoms with van der Waals surface area (Å²) < 4.78 is 34.6. The fourth-order valence-corrected chi connectivity index (χ4v) is 6.84. The molecule has 6 rings (SSSR count). The number of fused-ring (bicyclic) bond motifs is 1. The van der Waals surface area contributed by atoms with Crippen molar-refractivity contribution in [1.29, 1.82) is 0 Å². The van der Waals surface area contributed by atoms with Crippen LogP contribution in [-0.4, -0.2) is 94.4 Å². The fourth-order valence-electron chi connectivity index (χ4n) is 5.32. The van der Waals surface area contributed by atoms with Gasteiger partial charge < -0.3 is 14.5 Å². The lowest BCUT2D eigenvalue weighted by Crippen LogP contribution is -2.49. The smallest absolute Gasteiger partial charge is 0.253 e. The van der Waals surface area contributed by atoms with Crippen LogP contribution in [0.2, 0.25) is 0 Å². The van der Waals surface area contributed by atoms with Crippen molar-refractivity contribution in [2.75, 3.05) is 50.8 Å². The van der Waals surface area contributed by atoms with E-state index >= 15 is 0 Å². The molecule has 0 spiro atoms. The Kier molecular flexibility index (Phi) is 7.54. The Balaban J connectivity index is 1.13. The first-order valence-corrected chi connectivity index (χ1v) is 15.3. The van der Waals surface area contributed by atoms with Crippen LogP contribution in [-0.2, 0) is 10.0 Å². The molecule has 2 saturated heterocycles. The van der Waals surface area contributed by atoms with Crippen molar-refractivity contribution in [1.82, 2.24) is 34.2 Å². The van der Waals surface area contributed by atoms with Crippen LogP contribution in [0, 0.1) is 0 Å². The summed E-state index contributed by atoms with van der Waals surface area (Å²) in [5.41, 5.74) is 2.47. The van der Waals surface area contributed by atoms with E-state index in [0.29, 0.717) is 68.4 Å². The number of sulfonamides is 1. The van der Waals surface area contributed by atoms with Gasteiger partial charge in [0.15, 0.2) is 17.0 Å². The van der Waals surface area contributed by atoms with Crippen LogP contribution >= 0.6 is 0 Å². The zero-order chi connectivity index (χ0) is 28.4. The maximum Gasteiger partial charge on any atom is 0.253 e. The minimum absolute atomic E-state index is 0.124. The van der Waals surface area contributed by atoms with Gasteiger partial charge in [-0.2, -0.15) is 8.99 Å².